The fourth-order valence-corrected chi connectivity index (χ4v) is 0.591. The van der Waals surface area contributed by atoms with Crippen molar-refractivity contribution in [3.8, 4) is 0 Å². The maximum absolute atomic E-state index is 8.53. The Balaban J connectivity index is 2.84. The van der Waals surface area contributed by atoms with E-state index >= 15 is 0 Å². The minimum Gasteiger partial charge on any atom is -0.510 e. The molecule has 0 unspecified atom stereocenters. The predicted octanol–water partition coefficient (Wildman–Crippen LogP) is 2.43. The summed E-state index contributed by atoms with van der Waals surface area (Å²) in [7, 11) is 0. The summed E-state index contributed by atoms with van der Waals surface area (Å²) in [5.74, 6) is -0.0171. The molecule has 0 fully saturated rings. The van der Waals surface area contributed by atoms with E-state index in [0.29, 0.717) is 6.61 Å². The summed E-state index contributed by atoms with van der Waals surface area (Å²) in [6.07, 6.45) is 3.40. The van der Waals surface area contributed by atoms with E-state index in [9.17, 15) is 0 Å². The van der Waals surface area contributed by atoms with Crippen molar-refractivity contribution in [3.63, 3.8) is 0 Å². The van der Waals surface area contributed by atoms with Gasteiger partial charge in [-0.2, -0.15) is 0 Å². The molecule has 1 radical (unpaired) electrons. The molecule has 2 heteroatoms. The Morgan fingerprint density at radius 1 is 1.60 bits per heavy atom. The Labute approximate surface area is 62.5 Å². The number of hydrogen-bond acceptors (Lipinski definition) is 2. The molecule has 1 N–H and O–H groups in total. The summed E-state index contributed by atoms with van der Waals surface area (Å²) in [6.45, 7) is 7.33. The Kier molecular flexibility index (Phi) is 6.29. The lowest BCUT2D eigenvalue weighted by atomic mass is 10.3. The first-order chi connectivity index (χ1) is 4.77. The molecule has 10 heavy (non-hydrogen) atoms. The molecule has 0 aliphatic rings. The summed E-state index contributed by atoms with van der Waals surface area (Å²) in [6, 6.07) is 0. The topological polar surface area (TPSA) is 29.5 Å². The van der Waals surface area contributed by atoms with Gasteiger partial charge >= 0.3 is 0 Å². The average molecular weight is 143 g/mol. The maximum atomic E-state index is 8.53. The first-order valence-corrected chi connectivity index (χ1v) is 3.60. The zero-order chi connectivity index (χ0) is 7.82. The van der Waals surface area contributed by atoms with Gasteiger partial charge in [-0.1, -0.05) is 26.3 Å². The number of unbranched alkanes of at least 4 members (excludes halogenated alkanes) is 2. The first kappa shape index (κ1) is 9.50. The number of aliphatic hydroxyl groups is 1. The molecule has 0 saturated heterocycles. The molecule has 0 saturated carbocycles. The van der Waals surface area contributed by atoms with Crippen LogP contribution in [0.1, 0.15) is 26.2 Å². The summed E-state index contributed by atoms with van der Waals surface area (Å²) in [5, 5.41) is 8.53. The van der Waals surface area contributed by atoms with Gasteiger partial charge in [-0.25, -0.2) is 0 Å². The molecule has 0 atom stereocenters. The standard InChI is InChI=1S/C8H15O2/c1-3-4-5-6-10-7-8(2)9/h7,9H,2-6H2,1H3. The largest absolute Gasteiger partial charge is 0.510 e. The van der Waals surface area contributed by atoms with Crippen LogP contribution in [0.15, 0.2) is 12.3 Å². The lowest BCUT2D eigenvalue weighted by Gasteiger charge is -1.99. The lowest BCUT2D eigenvalue weighted by molar-refractivity contribution is 0.180. The van der Waals surface area contributed by atoms with Crippen LogP contribution in [-0.2, 0) is 4.74 Å². The Bertz CT molecular complexity index is 89.3. The van der Waals surface area contributed by atoms with Crippen LogP contribution in [-0.4, -0.2) is 11.7 Å². The zero-order valence-electron chi connectivity index (χ0n) is 6.47. The van der Waals surface area contributed by atoms with E-state index in [0.717, 1.165) is 6.42 Å². The molecule has 0 bridgehead atoms. The van der Waals surface area contributed by atoms with Crippen molar-refractivity contribution in [2.45, 2.75) is 26.2 Å². The lowest BCUT2D eigenvalue weighted by Crippen LogP contribution is -1.92. The predicted molar refractivity (Wildman–Crippen MR) is 41.5 cm³/mol. The molecule has 0 spiro atoms. The van der Waals surface area contributed by atoms with Crippen LogP contribution >= 0.6 is 0 Å². The second kappa shape index (κ2) is 6.62. The Morgan fingerprint density at radius 3 is 2.80 bits per heavy atom. The third-order valence-electron chi connectivity index (χ3n) is 1.09. The van der Waals surface area contributed by atoms with E-state index in [4.69, 9.17) is 9.84 Å². The SMILES string of the molecule is C=C(O)[CH]OCCCCC. The minimum absolute atomic E-state index is 0.0171. The van der Waals surface area contributed by atoms with E-state index < -0.39 is 0 Å². The Morgan fingerprint density at radius 2 is 2.30 bits per heavy atom. The van der Waals surface area contributed by atoms with Gasteiger partial charge in [0.2, 0.25) is 0 Å². The molecule has 0 aromatic rings. The molecule has 0 aromatic carbocycles. The third-order valence-corrected chi connectivity index (χ3v) is 1.09. The summed E-state index contributed by atoms with van der Waals surface area (Å²) in [5.41, 5.74) is 0. The van der Waals surface area contributed by atoms with Crippen molar-refractivity contribution < 1.29 is 9.84 Å². The second-order valence-electron chi connectivity index (χ2n) is 2.19. The minimum atomic E-state index is -0.0171. The van der Waals surface area contributed by atoms with Crippen molar-refractivity contribution in [2.24, 2.45) is 0 Å². The highest BCUT2D eigenvalue weighted by atomic mass is 16.5. The first-order valence-electron chi connectivity index (χ1n) is 3.60. The van der Waals surface area contributed by atoms with Gasteiger partial charge in [0.25, 0.3) is 0 Å². The monoisotopic (exact) mass is 143 g/mol. The molecule has 0 aliphatic carbocycles. The van der Waals surface area contributed by atoms with Gasteiger partial charge in [0.1, 0.15) is 12.4 Å². The summed E-state index contributed by atoms with van der Waals surface area (Å²) >= 11 is 0. The van der Waals surface area contributed by atoms with E-state index in [1.54, 1.807) is 0 Å². The number of rotatable bonds is 6. The summed E-state index contributed by atoms with van der Waals surface area (Å²) < 4.78 is 4.92. The summed E-state index contributed by atoms with van der Waals surface area (Å²) in [4.78, 5) is 0. The van der Waals surface area contributed by atoms with Gasteiger partial charge < -0.3 is 9.84 Å². The Hall–Kier alpha value is -0.500. The van der Waals surface area contributed by atoms with E-state index in [2.05, 4.69) is 13.5 Å². The molecule has 0 amide bonds. The molecule has 0 aromatic heterocycles. The molecule has 59 valence electrons. The van der Waals surface area contributed by atoms with Gasteiger partial charge in [0.15, 0.2) is 0 Å². The number of aliphatic hydroxyl groups excluding tert-OH is 1. The normalized spacial score (nSPS) is 9.70. The smallest absolute Gasteiger partial charge is 0.147 e. The van der Waals surface area contributed by atoms with Gasteiger partial charge in [-0.15, -0.1) is 0 Å². The van der Waals surface area contributed by atoms with Crippen LogP contribution in [0.5, 0.6) is 0 Å². The van der Waals surface area contributed by atoms with E-state index in [1.807, 2.05) is 0 Å². The van der Waals surface area contributed by atoms with Crippen molar-refractivity contribution in [3.05, 3.63) is 18.9 Å². The van der Waals surface area contributed by atoms with Crippen LogP contribution in [0.2, 0.25) is 0 Å². The number of ether oxygens (including phenoxy) is 1. The second-order valence-corrected chi connectivity index (χ2v) is 2.19. The van der Waals surface area contributed by atoms with E-state index in [-0.39, 0.29) is 5.76 Å². The highest BCUT2D eigenvalue weighted by Crippen LogP contribution is 1.97. The fourth-order valence-electron chi connectivity index (χ4n) is 0.591. The van der Waals surface area contributed by atoms with Crippen molar-refractivity contribution >= 4 is 0 Å². The van der Waals surface area contributed by atoms with Gasteiger partial charge in [-0.05, 0) is 6.42 Å². The third kappa shape index (κ3) is 7.50. The van der Waals surface area contributed by atoms with Crippen LogP contribution in [0.3, 0.4) is 0 Å². The molecule has 0 rings (SSSR count). The van der Waals surface area contributed by atoms with Crippen molar-refractivity contribution in [1.29, 1.82) is 0 Å². The van der Waals surface area contributed by atoms with Gasteiger partial charge in [0, 0.05) is 6.61 Å². The molecule has 0 aliphatic heterocycles. The number of hydrogen-bond donors (Lipinski definition) is 1. The molecular formula is C8H15O2. The average Bonchev–Trinajstić information content (AvgIpc) is 1.87. The van der Waals surface area contributed by atoms with E-state index in [1.165, 1.54) is 19.4 Å². The van der Waals surface area contributed by atoms with Gasteiger partial charge in [-0.3, -0.25) is 0 Å². The molecule has 2 nitrogen and oxygen atoms in total. The van der Waals surface area contributed by atoms with Crippen molar-refractivity contribution in [1.82, 2.24) is 0 Å². The zero-order valence-corrected chi connectivity index (χ0v) is 6.47. The molecular weight excluding hydrogens is 128 g/mol. The van der Waals surface area contributed by atoms with Crippen molar-refractivity contribution in [2.75, 3.05) is 6.61 Å². The maximum Gasteiger partial charge on any atom is 0.147 e. The van der Waals surface area contributed by atoms with Crippen LogP contribution in [0, 0.1) is 6.61 Å². The highest BCUT2D eigenvalue weighted by molar-refractivity contribution is 4.88. The highest BCUT2D eigenvalue weighted by Gasteiger charge is 1.90. The van der Waals surface area contributed by atoms with Gasteiger partial charge in [0.05, 0.1) is 0 Å². The van der Waals surface area contributed by atoms with Crippen LogP contribution in [0.4, 0.5) is 0 Å². The quantitative estimate of drug-likeness (QED) is 0.457. The van der Waals surface area contributed by atoms with Crippen LogP contribution < -0.4 is 0 Å². The van der Waals surface area contributed by atoms with Crippen LogP contribution in [0.25, 0.3) is 0 Å². The molecule has 0 heterocycles. The fraction of sp³-hybridized carbons (Fsp3) is 0.625.